The molecule has 4 aromatic rings. The molecule has 2 N–H and O–H groups in total. The molecule has 2 heterocycles. The number of anilines is 1. The van der Waals surface area contributed by atoms with Crippen molar-refractivity contribution in [1.29, 1.82) is 0 Å². The predicted molar refractivity (Wildman–Crippen MR) is 168 cm³/mol. The maximum absolute atomic E-state index is 13.1. The van der Waals surface area contributed by atoms with Gasteiger partial charge in [-0.05, 0) is 43.0 Å². The summed E-state index contributed by atoms with van der Waals surface area (Å²) in [7, 11) is 4.35. The van der Waals surface area contributed by atoms with E-state index < -0.39 is 17.2 Å². The molecule has 0 saturated heterocycles. The van der Waals surface area contributed by atoms with E-state index in [9.17, 15) is 19.2 Å². The van der Waals surface area contributed by atoms with E-state index in [4.69, 9.17) is 16.3 Å². The third-order valence-electron chi connectivity index (χ3n) is 7.92. The monoisotopic (exact) mass is 616 g/mol. The first-order valence-electron chi connectivity index (χ1n) is 14.2. The van der Waals surface area contributed by atoms with E-state index in [1.54, 1.807) is 25.4 Å². The van der Waals surface area contributed by atoms with Crippen LogP contribution in [0.15, 0.2) is 58.4 Å². The smallest absolute Gasteiger partial charge is 0.330 e. The Morgan fingerprint density at radius 2 is 1.82 bits per heavy atom. The van der Waals surface area contributed by atoms with Gasteiger partial charge in [0.1, 0.15) is 17.0 Å². The van der Waals surface area contributed by atoms with E-state index in [1.165, 1.54) is 24.9 Å². The molecule has 5 rings (SSSR count). The summed E-state index contributed by atoms with van der Waals surface area (Å²) in [6, 6.07) is 11.0. The SMILES string of the molecule is COc1nc(-c2cccc(-c3cccc(NC(=O)c4cn(C)c(=O)n(C)c4=O)c3C)c2Cl)cnc1CNC[C@@H]1CCC(=O)C1. The molecule has 1 atom stereocenters. The molecule has 0 bridgehead atoms. The quantitative estimate of drug-likeness (QED) is 0.289. The number of Topliss-reactive ketones (excluding diaryl/α,β-unsaturated/α-hetero) is 1. The van der Waals surface area contributed by atoms with Crippen molar-refractivity contribution in [2.75, 3.05) is 19.0 Å². The number of benzene rings is 2. The molecule has 0 spiro atoms. The Kier molecular flexibility index (Phi) is 9.07. The Morgan fingerprint density at radius 3 is 2.55 bits per heavy atom. The summed E-state index contributed by atoms with van der Waals surface area (Å²) in [6.07, 6.45) is 5.06. The number of rotatable bonds is 9. The molecule has 1 amide bonds. The van der Waals surface area contributed by atoms with Crippen LogP contribution in [-0.2, 0) is 25.4 Å². The number of hydrogen-bond donors (Lipinski definition) is 2. The third kappa shape index (κ3) is 6.20. The Hall–Kier alpha value is -4.61. The van der Waals surface area contributed by atoms with Crippen molar-refractivity contribution in [1.82, 2.24) is 24.4 Å². The minimum Gasteiger partial charge on any atom is -0.480 e. The number of aromatic nitrogens is 4. The molecule has 44 heavy (non-hydrogen) atoms. The van der Waals surface area contributed by atoms with Crippen LogP contribution < -0.4 is 26.6 Å². The Bertz CT molecular complexity index is 1880. The summed E-state index contributed by atoms with van der Waals surface area (Å²) in [6.45, 7) is 3.03. The fraction of sp³-hybridized carbons (Fsp3) is 0.312. The molecule has 1 fully saturated rings. The van der Waals surface area contributed by atoms with Gasteiger partial charge in [-0.15, -0.1) is 0 Å². The zero-order valence-corrected chi connectivity index (χ0v) is 25.7. The molecule has 0 unspecified atom stereocenters. The zero-order valence-electron chi connectivity index (χ0n) is 24.9. The summed E-state index contributed by atoms with van der Waals surface area (Å²) in [5.74, 6) is 0.413. The summed E-state index contributed by atoms with van der Waals surface area (Å²) >= 11 is 6.97. The van der Waals surface area contributed by atoms with E-state index in [0.717, 1.165) is 28.7 Å². The van der Waals surface area contributed by atoms with Gasteiger partial charge in [0, 0.05) is 56.5 Å². The minimum absolute atomic E-state index is 0.153. The molecule has 1 aliphatic rings. The number of halogens is 1. The van der Waals surface area contributed by atoms with Crippen molar-refractivity contribution in [3.63, 3.8) is 0 Å². The third-order valence-corrected chi connectivity index (χ3v) is 8.32. The fourth-order valence-electron chi connectivity index (χ4n) is 5.43. The number of amides is 1. The first-order valence-corrected chi connectivity index (χ1v) is 14.6. The van der Waals surface area contributed by atoms with Crippen molar-refractivity contribution in [3.05, 3.63) is 91.5 Å². The number of carbonyl (C=O) groups is 2. The van der Waals surface area contributed by atoms with Gasteiger partial charge in [0.25, 0.3) is 11.5 Å². The summed E-state index contributed by atoms with van der Waals surface area (Å²) < 4.78 is 7.63. The second kappa shape index (κ2) is 12.9. The van der Waals surface area contributed by atoms with Crippen LogP contribution in [0.4, 0.5) is 5.69 Å². The summed E-state index contributed by atoms with van der Waals surface area (Å²) in [5.41, 5.74) is 3.20. The maximum Gasteiger partial charge on any atom is 0.330 e. The van der Waals surface area contributed by atoms with Gasteiger partial charge in [-0.2, -0.15) is 0 Å². The van der Waals surface area contributed by atoms with E-state index >= 15 is 0 Å². The van der Waals surface area contributed by atoms with Gasteiger partial charge in [-0.1, -0.05) is 41.9 Å². The van der Waals surface area contributed by atoms with Gasteiger partial charge in [0.05, 0.1) is 24.0 Å². The van der Waals surface area contributed by atoms with Gasteiger partial charge in [0.15, 0.2) is 0 Å². The van der Waals surface area contributed by atoms with Crippen molar-refractivity contribution < 1.29 is 14.3 Å². The van der Waals surface area contributed by atoms with Crippen molar-refractivity contribution in [2.24, 2.45) is 20.0 Å². The lowest BCUT2D eigenvalue weighted by atomic mass is 9.96. The topological polar surface area (TPSA) is 137 Å². The highest BCUT2D eigenvalue weighted by molar-refractivity contribution is 6.36. The number of hydrogen-bond acceptors (Lipinski definition) is 8. The number of carbonyl (C=O) groups excluding carboxylic acids is 2. The lowest BCUT2D eigenvalue weighted by molar-refractivity contribution is -0.117. The highest BCUT2D eigenvalue weighted by Crippen LogP contribution is 2.39. The van der Waals surface area contributed by atoms with Crippen LogP contribution in [-0.4, -0.2) is 44.4 Å². The van der Waals surface area contributed by atoms with Gasteiger partial charge in [-0.3, -0.25) is 23.9 Å². The molecule has 11 nitrogen and oxygen atoms in total. The van der Waals surface area contributed by atoms with Crippen molar-refractivity contribution in [2.45, 2.75) is 32.7 Å². The second-order valence-corrected chi connectivity index (χ2v) is 11.3. The molecule has 1 aliphatic carbocycles. The van der Waals surface area contributed by atoms with Crippen molar-refractivity contribution in [3.8, 4) is 28.3 Å². The van der Waals surface area contributed by atoms with Gasteiger partial charge in [-0.25, -0.2) is 9.78 Å². The van der Waals surface area contributed by atoms with Gasteiger partial charge >= 0.3 is 5.69 Å². The Labute approximate surface area is 258 Å². The largest absolute Gasteiger partial charge is 0.480 e. The molecular weight excluding hydrogens is 584 g/mol. The maximum atomic E-state index is 13.1. The second-order valence-electron chi connectivity index (χ2n) is 10.9. The Morgan fingerprint density at radius 1 is 1.09 bits per heavy atom. The number of ether oxygens (including phenoxy) is 1. The van der Waals surface area contributed by atoms with Crippen molar-refractivity contribution >= 4 is 29.0 Å². The van der Waals surface area contributed by atoms with Crippen LogP contribution in [0, 0.1) is 12.8 Å². The number of ketones is 1. The van der Waals surface area contributed by atoms with Crippen LogP contribution in [0.2, 0.25) is 5.02 Å². The molecule has 0 aliphatic heterocycles. The molecule has 12 heteroatoms. The number of nitrogens with one attached hydrogen (secondary N) is 2. The summed E-state index contributed by atoms with van der Waals surface area (Å²) in [4.78, 5) is 58.5. The minimum atomic E-state index is -0.682. The molecule has 0 radical (unpaired) electrons. The van der Waals surface area contributed by atoms with Crippen LogP contribution in [0.5, 0.6) is 5.88 Å². The van der Waals surface area contributed by atoms with Crippen LogP contribution in [0.25, 0.3) is 22.4 Å². The van der Waals surface area contributed by atoms with E-state index in [-0.39, 0.29) is 5.56 Å². The number of nitrogens with zero attached hydrogens (tertiary/aromatic N) is 4. The number of methoxy groups -OCH3 is 1. The number of aryl methyl sites for hydroxylation is 1. The Balaban J connectivity index is 1.40. The standard InChI is InChI=1S/C32H33ClN6O5/c1-18-21(7-6-10-25(18)36-29(41)24-17-38(2)32(43)39(3)31(24)42)22-8-5-9-23(28(22)33)26-16-35-27(30(37-26)44-4)15-34-14-19-11-12-20(40)13-19/h5-10,16-17,19,34H,11-15H2,1-4H3,(H,36,41)/t19-/m1/s1. The van der Waals surface area contributed by atoms with Gasteiger partial charge in [0.2, 0.25) is 5.88 Å². The molecular formula is C32H33ClN6O5. The van der Waals surface area contributed by atoms with E-state index in [0.29, 0.717) is 70.2 Å². The highest BCUT2D eigenvalue weighted by Gasteiger charge is 2.22. The zero-order chi connectivity index (χ0) is 31.5. The highest BCUT2D eigenvalue weighted by atomic mass is 35.5. The molecule has 228 valence electrons. The average Bonchev–Trinajstić information content (AvgIpc) is 3.44. The van der Waals surface area contributed by atoms with E-state index in [2.05, 4.69) is 20.6 Å². The fourth-order valence-corrected chi connectivity index (χ4v) is 5.75. The molecule has 2 aromatic carbocycles. The normalized spacial score (nSPS) is 14.6. The average molecular weight is 617 g/mol. The predicted octanol–water partition coefficient (Wildman–Crippen LogP) is 3.89. The lowest BCUT2D eigenvalue weighted by Crippen LogP contribution is -2.40. The van der Waals surface area contributed by atoms with Crippen LogP contribution in [0.3, 0.4) is 0 Å². The molecule has 1 saturated carbocycles. The van der Waals surface area contributed by atoms with Crippen LogP contribution >= 0.6 is 11.6 Å². The van der Waals surface area contributed by atoms with Gasteiger partial charge < -0.3 is 19.9 Å². The van der Waals surface area contributed by atoms with E-state index in [1.807, 2.05) is 31.2 Å². The lowest BCUT2D eigenvalue weighted by Gasteiger charge is -2.16. The summed E-state index contributed by atoms with van der Waals surface area (Å²) in [5, 5.41) is 6.61. The first kappa shape index (κ1) is 30.8. The molecule has 2 aromatic heterocycles. The first-order chi connectivity index (χ1) is 21.1. The van der Waals surface area contributed by atoms with Crippen LogP contribution in [0.1, 0.15) is 40.9 Å².